The molecule has 0 N–H and O–H groups in total. The molecule has 1 aromatic carbocycles. The summed E-state index contributed by atoms with van der Waals surface area (Å²) in [6.45, 7) is 2.09. The van der Waals surface area contributed by atoms with Crippen molar-refractivity contribution >= 4 is 17.8 Å². The molecule has 1 aromatic heterocycles. The van der Waals surface area contributed by atoms with Gasteiger partial charge in [-0.1, -0.05) is 30.3 Å². The first-order valence-electron chi connectivity index (χ1n) is 7.16. The van der Waals surface area contributed by atoms with Crippen LogP contribution in [-0.2, 0) is 16.1 Å². The lowest BCUT2D eigenvalue weighted by molar-refractivity contribution is -0.144. The molecule has 118 valence electrons. The van der Waals surface area contributed by atoms with Crippen molar-refractivity contribution in [1.82, 2.24) is 24.6 Å². The van der Waals surface area contributed by atoms with Gasteiger partial charge in [0, 0.05) is 0 Å². The fraction of sp³-hybridized carbons (Fsp3) is 0.267. The highest BCUT2D eigenvalue weighted by molar-refractivity contribution is 6.44. The van der Waals surface area contributed by atoms with E-state index in [1.807, 2.05) is 30.3 Å². The van der Waals surface area contributed by atoms with Crippen molar-refractivity contribution in [2.75, 3.05) is 6.54 Å². The number of urea groups is 1. The van der Waals surface area contributed by atoms with E-state index < -0.39 is 23.9 Å². The normalized spacial score (nSPS) is 16.3. The number of rotatable bonds is 5. The van der Waals surface area contributed by atoms with Gasteiger partial charge in [0.2, 0.25) is 0 Å². The van der Waals surface area contributed by atoms with E-state index in [1.165, 1.54) is 17.3 Å². The minimum atomic E-state index is -0.808. The van der Waals surface area contributed by atoms with Crippen LogP contribution in [0.3, 0.4) is 0 Å². The molecule has 8 nitrogen and oxygen atoms in total. The van der Waals surface area contributed by atoms with Gasteiger partial charge in [0.25, 0.3) is 0 Å². The highest BCUT2D eigenvalue weighted by Gasteiger charge is 2.46. The van der Waals surface area contributed by atoms with Gasteiger partial charge >= 0.3 is 17.8 Å². The molecule has 1 saturated heterocycles. The predicted molar refractivity (Wildman–Crippen MR) is 78.8 cm³/mol. The monoisotopic (exact) mass is 313 g/mol. The number of nitrogens with zero attached hydrogens (tertiary/aromatic N) is 5. The van der Waals surface area contributed by atoms with E-state index in [0.717, 1.165) is 15.4 Å². The van der Waals surface area contributed by atoms with Gasteiger partial charge in [-0.05, 0) is 12.5 Å². The molecule has 0 spiro atoms. The Balaban J connectivity index is 1.76. The molecular formula is C15H15N5O3. The van der Waals surface area contributed by atoms with Gasteiger partial charge in [-0.2, -0.15) is 5.10 Å². The van der Waals surface area contributed by atoms with E-state index in [4.69, 9.17) is 0 Å². The summed E-state index contributed by atoms with van der Waals surface area (Å²) in [6.07, 6.45) is 2.85. The standard InChI is InChI=1S/C15H15N5O3/c1-11(12-5-3-2-4-6-12)20-14(22)13(21)19(15(20)23)8-7-18-10-16-9-17-18/h2-6,9-11H,7-8H2,1H3/t11-/m1/s1. The highest BCUT2D eigenvalue weighted by Crippen LogP contribution is 2.25. The van der Waals surface area contributed by atoms with Gasteiger partial charge in [0.1, 0.15) is 12.7 Å². The average Bonchev–Trinajstić information content (AvgIpc) is 3.15. The molecule has 0 unspecified atom stereocenters. The molecule has 1 atom stereocenters. The lowest BCUT2D eigenvalue weighted by Gasteiger charge is -2.22. The van der Waals surface area contributed by atoms with Gasteiger partial charge in [-0.3, -0.25) is 19.2 Å². The molecule has 1 aliphatic rings. The van der Waals surface area contributed by atoms with Gasteiger partial charge in [-0.15, -0.1) is 0 Å². The van der Waals surface area contributed by atoms with Crippen LogP contribution in [-0.4, -0.2) is 49.0 Å². The van der Waals surface area contributed by atoms with Crippen LogP contribution in [0, 0.1) is 0 Å². The van der Waals surface area contributed by atoms with E-state index in [1.54, 1.807) is 6.92 Å². The van der Waals surface area contributed by atoms with Crippen LogP contribution in [0.15, 0.2) is 43.0 Å². The lowest BCUT2D eigenvalue weighted by atomic mass is 10.1. The summed E-state index contributed by atoms with van der Waals surface area (Å²) in [6, 6.07) is 8.01. The predicted octanol–water partition coefficient (Wildman–Crippen LogP) is 0.830. The SMILES string of the molecule is C[C@H](c1ccccc1)N1C(=O)C(=O)N(CCn2cncn2)C1=O. The number of carbonyl (C=O) groups excluding carboxylic acids is 3. The Morgan fingerprint density at radius 1 is 1.04 bits per heavy atom. The number of imide groups is 2. The first-order valence-corrected chi connectivity index (χ1v) is 7.16. The maximum absolute atomic E-state index is 12.5. The van der Waals surface area contributed by atoms with Crippen LogP contribution in [0.25, 0.3) is 0 Å². The van der Waals surface area contributed by atoms with Crippen LogP contribution >= 0.6 is 0 Å². The molecule has 0 aliphatic carbocycles. The van der Waals surface area contributed by atoms with Crippen molar-refractivity contribution in [1.29, 1.82) is 0 Å². The summed E-state index contributed by atoms with van der Waals surface area (Å²) < 4.78 is 1.49. The van der Waals surface area contributed by atoms with Crippen molar-refractivity contribution in [3.05, 3.63) is 48.5 Å². The van der Waals surface area contributed by atoms with Crippen LogP contribution in [0.2, 0.25) is 0 Å². The Morgan fingerprint density at radius 2 is 1.78 bits per heavy atom. The molecular weight excluding hydrogens is 298 g/mol. The number of carbonyl (C=O) groups is 3. The number of benzene rings is 1. The van der Waals surface area contributed by atoms with E-state index in [2.05, 4.69) is 10.1 Å². The second kappa shape index (κ2) is 5.99. The van der Waals surface area contributed by atoms with E-state index in [-0.39, 0.29) is 13.1 Å². The maximum Gasteiger partial charge on any atom is 0.334 e. The van der Waals surface area contributed by atoms with Crippen molar-refractivity contribution in [2.24, 2.45) is 0 Å². The number of hydrogen-bond acceptors (Lipinski definition) is 5. The van der Waals surface area contributed by atoms with Gasteiger partial charge in [0.05, 0.1) is 19.1 Å². The minimum Gasteiger partial charge on any atom is -0.263 e. The van der Waals surface area contributed by atoms with Crippen molar-refractivity contribution < 1.29 is 14.4 Å². The Labute approximate surface area is 132 Å². The van der Waals surface area contributed by atoms with Gasteiger partial charge in [0.15, 0.2) is 0 Å². The molecule has 2 heterocycles. The number of amides is 4. The topological polar surface area (TPSA) is 88.4 Å². The van der Waals surface area contributed by atoms with Crippen LogP contribution < -0.4 is 0 Å². The van der Waals surface area contributed by atoms with Crippen LogP contribution in [0.4, 0.5) is 4.79 Å². The quantitative estimate of drug-likeness (QED) is 0.602. The highest BCUT2D eigenvalue weighted by atomic mass is 16.2. The molecule has 2 aromatic rings. The Kier molecular flexibility index (Phi) is 3.88. The third-order valence-electron chi connectivity index (χ3n) is 3.77. The third-order valence-corrected chi connectivity index (χ3v) is 3.77. The van der Waals surface area contributed by atoms with E-state index in [9.17, 15) is 14.4 Å². The first kappa shape index (κ1) is 14.9. The molecule has 3 rings (SSSR count). The molecule has 1 aliphatic heterocycles. The second-order valence-electron chi connectivity index (χ2n) is 5.16. The molecule has 0 radical (unpaired) electrons. The zero-order valence-corrected chi connectivity index (χ0v) is 12.5. The largest absolute Gasteiger partial charge is 0.334 e. The minimum absolute atomic E-state index is 0.0742. The Morgan fingerprint density at radius 3 is 2.43 bits per heavy atom. The summed E-state index contributed by atoms with van der Waals surface area (Å²) >= 11 is 0. The Hall–Kier alpha value is -3.03. The molecule has 1 fully saturated rings. The molecule has 0 saturated carbocycles. The number of hydrogen-bond donors (Lipinski definition) is 0. The van der Waals surface area contributed by atoms with Crippen LogP contribution in [0.5, 0.6) is 0 Å². The third kappa shape index (κ3) is 2.70. The maximum atomic E-state index is 12.5. The molecule has 8 heteroatoms. The average molecular weight is 313 g/mol. The van der Waals surface area contributed by atoms with E-state index >= 15 is 0 Å². The summed E-state index contributed by atoms with van der Waals surface area (Å²) in [4.78, 5) is 42.5. The summed E-state index contributed by atoms with van der Waals surface area (Å²) in [5.74, 6) is -1.61. The van der Waals surface area contributed by atoms with Crippen LogP contribution in [0.1, 0.15) is 18.5 Å². The summed E-state index contributed by atoms with van der Waals surface area (Å²) in [7, 11) is 0. The van der Waals surface area contributed by atoms with Crippen molar-refractivity contribution in [3.8, 4) is 0 Å². The Bertz CT molecular complexity index is 729. The zero-order valence-electron chi connectivity index (χ0n) is 12.5. The van der Waals surface area contributed by atoms with Gasteiger partial charge < -0.3 is 0 Å². The number of aromatic nitrogens is 3. The smallest absolute Gasteiger partial charge is 0.263 e. The molecule has 23 heavy (non-hydrogen) atoms. The summed E-state index contributed by atoms with van der Waals surface area (Å²) in [5.41, 5.74) is 0.792. The van der Waals surface area contributed by atoms with Crippen molar-refractivity contribution in [3.63, 3.8) is 0 Å². The lowest BCUT2D eigenvalue weighted by Crippen LogP contribution is -2.36. The second-order valence-corrected chi connectivity index (χ2v) is 5.16. The van der Waals surface area contributed by atoms with E-state index in [0.29, 0.717) is 0 Å². The zero-order chi connectivity index (χ0) is 16.4. The van der Waals surface area contributed by atoms with Gasteiger partial charge in [-0.25, -0.2) is 14.7 Å². The summed E-state index contributed by atoms with van der Waals surface area (Å²) in [5, 5.41) is 3.91. The first-order chi connectivity index (χ1) is 11.1. The fourth-order valence-electron chi connectivity index (χ4n) is 2.49. The molecule has 0 bridgehead atoms. The molecule has 4 amide bonds. The fourth-order valence-corrected chi connectivity index (χ4v) is 2.49. The van der Waals surface area contributed by atoms with Crippen molar-refractivity contribution in [2.45, 2.75) is 19.5 Å².